The van der Waals surface area contributed by atoms with Crippen LogP contribution < -0.4 is 10.6 Å². The fraction of sp³-hybridized carbons (Fsp3) is 0.300. The number of hydrogen-bond acceptors (Lipinski definition) is 2. The van der Waals surface area contributed by atoms with E-state index >= 15 is 0 Å². The van der Waals surface area contributed by atoms with Gasteiger partial charge in [0.25, 0.3) is 0 Å². The van der Waals surface area contributed by atoms with E-state index in [1.54, 1.807) is 26.1 Å². The number of amides is 1. The first-order valence-corrected chi connectivity index (χ1v) is 4.75. The monoisotopic (exact) mass is 212 g/mol. The van der Waals surface area contributed by atoms with E-state index in [1.807, 2.05) is 12.1 Å². The van der Waals surface area contributed by atoms with Crippen LogP contribution in [0.15, 0.2) is 24.3 Å². The average molecular weight is 213 g/mol. The van der Waals surface area contributed by atoms with Crippen LogP contribution in [0.5, 0.6) is 0 Å². The number of anilines is 1. The zero-order valence-electron chi connectivity index (χ0n) is 8.17. The lowest BCUT2D eigenvalue weighted by atomic mass is 10.3. The molecule has 0 aliphatic heterocycles. The summed E-state index contributed by atoms with van der Waals surface area (Å²) in [5.74, 6) is -0.0967. The van der Waals surface area contributed by atoms with Crippen molar-refractivity contribution in [2.45, 2.75) is 13.0 Å². The summed E-state index contributed by atoms with van der Waals surface area (Å²) in [4.78, 5) is 11.5. The molecule has 0 fully saturated rings. The molecule has 0 spiro atoms. The van der Waals surface area contributed by atoms with Gasteiger partial charge in [-0.1, -0.05) is 23.7 Å². The molecule has 1 rings (SSSR count). The number of nitrogens with one attached hydrogen (secondary N) is 2. The number of likely N-dealkylation sites (N-methyl/N-ethyl adjacent to an activating group) is 1. The van der Waals surface area contributed by atoms with Crippen molar-refractivity contribution in [3.63, 3.8) is 0 Å². The van der Waals surface area contributed by atoms with Crippen molar-refractivity contribution < 1.29 is 4.79 Å². The first-order valence-electron chi connectivity index (χ1n) is 4.38. The highest BCUT2D eigenvalue weighted by Gasteiger charge is 2.11. The second-order valence-corrected chi connectivity index (χ2v) is 3.39. The highest BCUT2D eigenvalue weighted by molar-refractivity contribution is 6.33. The largest absolute Gasteiger partial charge is 0.323 e. The van der Waals surface area contributed by atoms with Gasteiger partial charge >= 0.3 is 0 Å². The van der Waals surface area contributed by atoms with E-state index in [2.05, 4.69) is 10.6 Å². The van der Waals surface area contributed by atoms with E-state index < -0.39 is 0 Å². The minimum Gasteiger partial charge on any atom is -0.323 e. The van der Waals surface area contributed by atoms with E-state index in [1.165, 1.54) is 0 Å². The van der Waals surface area contributed by atoms with Gasteiger partial charge in [-0.25, -0.2) is 0 Å². The van der Waals surface area contributed by atoms with E-state index in [0.717, 1.165) is 0 Å². The zero-order valence-corrected chi connectivity index (χ0v) is 8.93. The van der Waals surface area contributed by atoms with E-state index in [4.69, 9.17) is 11.6 Å². The minimum atomic E-state index is -0.230. The molecule has 1 atom stereocenters. The van der Waals surface area contributed by atoms with E-state index in [0.29, 0.717) is 10.7 Å². The second-order valence-electron chi connectivity index (χ2n) is 2.98. The molecule has 14 heavy (non-hydrogen) atoms. The number of carbonyl (C=O) groups excluding carboxylic acids is 1. The summed E-state index contributed by atoms with van der Waals surface area (Å²) < 4.78 is 0. The van der Waals surface area contributed by atoms with Gasteiger partial charge in [-0.2, -0.15) is 0 Å². The number of hydrogen-bond donors (Lipinski definition) is 2. The summed E-state index contributed by atoms with van der Waals surface area (Å²) in [6.45, 7) is 1.78. The summed E-state index contributed by atoms with van der Waals surface area (Å²) in [6.07, 6.45) is 0. The Morgan fingerprint density at radius 3 is 2.64 bits per heavy atom. The van der Waals surface area contributed by atoms with E-state index in [9.17, 15) is 4.79 Å². The Morgan fingerprint density at radius 1 is 1.43 bits per heavy atom. The maximum atomic E-state index is 11.5. The Kier molecular flexibility index (Phi) is 3.92. The first-order chi connectivity index (χ1) is 6.65. The van der Waals surface area contributed by atoms with Gasteiger partial charge in [0, 0.05) is 0 Å². The number of para-hydroxylation sites is 1. The number of halogens is 1. The highest BCUT2D eigenvalue weighted by atomic mass is 35.5. The van der Waals surface area contributed by atoms with Gasteiger partial charge in [-0.05, 0) is 26.1 Å². The normalized spacial score (nSPS) is 12.2. The van der Waals surface area contributed by atoms with Crippen LogP contribution in [-0.2, 0) is 4.79 Å². The summed E-state index contributed by atoms with van der Waals surface area (Å²) in [6, 6.07) is 6.92. The number of carbonyl (C=O) groups is 1. The maximum Gasteiger partial charge on any atom is 0.241 e. The van der Waals surface area contributed by atoms with Crippen LogP contribution in [0.2, 0.25) is 5.02 Å². The third-order valence-corrected chi connectivity index (χ3v) is 2.29. The van der Waals surface area contributed by atoms with Crippen molar-refractivity contribution in [1.29, 1.82) is 0 Å². The summed E-state index contributed by atoms with van der Waals surface area (Å²) in [5.41, 5.74) is 0.640. The van der Waals surface area contributed by atoms with Gasteiger partial charge in [-0.15, -0.1) is 0 Å². The molecular formula is C10H13ClN2O. The van der Waals surface area contributed by atoms with Crippen LogP contribution in [0.3, 0.4) is 0 Å². The molecule has 0 saturated carbocycles. The molecule has 4 heteroatoms. The molecule has 0 saturated heterocycles. The predicted molar refractivity (Wildman–Crippen MR) is 58.6 cm³/mol. The van der Waals surface area contributed by atoms with Crippen LogP contribution in [0, 0.1) is 0 Å². The lowest BCUT2D eigenvalue weighted by Crippen LogP contribution is -2.35. The Balaban J connectivity index is 2.70. The second kappa shape index (κ2) is 4.98. The molecule has 76 valence electrons. The van der Waals surface area contributed by atoms with Gasteiger partial charge in [0.2, 0.25) is 5.91 Å². The Labute approximate surface area is 88.5 Å². The van der Waals surface area contributed by atoms with Gasteiger partial charge in [0.1, 0.15) is 0 Å². The molecule has 0 bridgehead atoms. The molecule has 3 nitrogen and oxygen atoms in total. The van der Waals surface area contributed by atoms with Crippen LogP contribution >= 0.6 is 11.6 Å². The lowest BCUT2D eigenvalue weighted by Gasteiger charge is -2.11. The summed E-state index contributed by atoms with van der Waals surface area (Å²) in [7, 11) is 1.73. The minimum absolute atomic E-state index is 0.0967. The molecule has 0 unspecified atom stereocenters. The van der Waals surface area contributed by atoms with Crippen molar-refractivity contribution in [2.75, 3.05) is 12.4 Å². The highest BCUT2D eigenvalue weighted by Crippen LogP contribution is 2.20. The van der Waals surface area contributed by atoms with Crippen molar-refractivity contribution in [2.24, 2.45) is 0 Å². The van der Waals surface area contributed by atoms with Gasteiger partial charge in [0.15, 0.2) is 0 Å². The van der Waals surface area contributed by atoms with Gasteiger partial charge < -0.3 is 10.6 Å². The molecule has 0 radical (unpaired) electrons. The third kappa shape index (κ3) is 2.72. The quantitative estimate of drug-likeness (QED) is 0.804. The van der Waals surface area contributed by atoms with Crippen LogP contribution in [0.4, 0.5) is 5.69 Å². The Hall–Kier alpha value is -1.06. The predicted octanol–water partition coefficient (Wildman–Crippen LogP) is 1.89. The Morgan fingerprint density at radius 2 is 2.07 bits per heavy atom. The average Bonchev–Trinajstić information content (AvgIpc) is 2.20. The first kappa shape index (κ1) is 11.0. The number of rotatable bonds is 3. The van der Waals surface area contributed by atoms with Crippen molar-refractivity contribution >= 4 is 23.2 Å². The zero-order chi connectivity index (χ0) is 10.6. The molecule has 0 aromatic heterocycles. The molecular weight excluding hydrogens is 200 g/mol. The van der Waals surface area contributed by atoms with Crippen LogP contribution in [0.1, 0.15) is 6.92 Å². The standard InChI is InChI=1S/C10H13ClN2O/c1-7(12-2)10(14)13-9-6-4-3-5-8(9)11/h3-7,12H,1-2H3,(H,13,14)/t7-/m0/s1. The maximum absolute atomic E-state index is 11.5. The smallest absolute Gasteiger partial charge is 0.241 e. The van der Waals surface area contributed by atoms with Crippen molar-refractivity contribution in [3.8, 4) is 0 Å². The molecule has 1 aromatic rings. The van der Waals surface area contributed by atoms with Crippen molar-refractivity contribution in [3.05, 3.63) is 29.3 Å². The topological polar surface area (TPSA) is 41.1 Å². The molecule has 1 amide bonds. The molecule has 0 heterocycles. The van der Waals surface area contributed by atoms with Gasteiger partial charge in [0.05, 0.1) is 16.8 Å². The lowest BCUT2D eigenvalue weighted by molar-refractivity contribution is -0.117. The molecule has 0 aliphatic carbocycles. The van der Waals surface area contributed by atoms with Crippen molar-refractivity contribution in [1.82, 2.24) is 5.32 Å². The molecule has 0 aliphatic rings. The number of benzene rings is 1. The summed E-state index contributed by atoms with van der Waals surface area (Å²) in [5, 5.41) is 6.12. The van der Waals surface area contributed by atoms with Crippen LogP contribution in [0.25, 0.3) is 0 Å². The molecule has 2 N–H and O–H groups in total. The summed E-state index contributed by atoms with van der Waals surface area (Å²) >= 11 is 5.88. The van der Waals surface area contributed by atoms with E-state index in [-0.39, 0.29) is 11.9 Å². The fourth-order valence-electron chi connectivity index (χ4n) is 0.935. The Bertz CT molecular complexity index is 328. The van der Waals surface area contributed by atoms with Gasteiger partial charge in [-0.3, -0.25) is 4.79 Å². The fourth-order valence-corrected chi connectivity index (χ4v) is 1.12. The molecule has 1 aromatic carbocycles. The SMILES string of the molecule is CN[C@@H](C)C(=O)Nc1ccccc1Cl. The third-order valence-electron chi connectivity index (χ3n) is 1.96. The van der Waals surface area contributed by atoms with Crippen LogP contribution in [-0.4, -0.2) is 19.0 Å².